The molecule has 2 aromatic rings. The molecule has 0 spiro atoms. The maximum atomic E-state index is 13.0. The molecular formula is C22H28N2O3. The molecule has 0 aliphatic carbocycles. The SMILES string of the molecule is Cc1ccc(-c2ccc(C(=O)N3C[C@@H](CN4CCCC4)[C@@H](CO)C3)cc2)o1. The van der Waals surface area contributed by atoms with Gasteiger partial charge in [0.2, 0.25) is 0 Å². The third kappa shape index (κ3) is 3.94. The van der Waals surface area contributed by atoms with Crippen LogP contribution in [0, 0.1) is 18.8 Å². The first kappa shape index (κ1) is 18.3. The van der Waals surface area contributed by atoms with Crippen LogP contribution in [0.25, 0.3) is 11.3 Å². The van der Waals surface area contributed by atoms with Gasteiger partial charge in [-0.05, 0) is 63.0 Å². The summed E-state index contributed by atoms with van der Waals surface area (Å²) in [7, 11) is 0. The van der Waals surface area contributed by atoms with Crippen molar-refractivity contribution in [1.29, 1.82) is 0 Å². The van der Waals surface area contributed by atoms with E-state index in [9.17, 15) is 9.90 Å². The van der Waals surface area contributed by atoms with E-state index >= 15 is 0 Å². The Bertz CT molecular complexity index is 777. The number of carbonyl (C=O) groups excluding carboxylic acids is 1. The van der Waals surface area contributed by atoms with Gasteiger partial charge in [-0.25, -0.2) is 0 Å². The van der Waals surface area contributed by atoms with Gasteiger partial charge in [-0.3, -0.25) is 4.79 Å². The first-order chi connectivity index (χ1) is 13.1. The molecule has 4 rings (SSSR count). The number of amides is 1. The van der Waals surface area contributed by atoms with E-state index in [2.05, 4.69) is 4.90 Å². The summed E-state index contributed by atoms with van der Waals surface area (Å²) in [5.74, 6) is 2.29. The molecule has 1 amide bonds. The summed E-state index contributed by atoms with van der Waals surface area (Å²) in [5.41, 5.74) is 1.67. The molecule has 2 atom stereocenters. The Hall–Kier alpha value is -2.11. The molecule has 1 aromatic heterocycles. The Morgan fingerprint density at radius 3 is 2.41 bits per heavy atom. The molecular weight excluding hydrogens is 340 g/mol. The van der Waals surface area contributed by atoms with E-state index in [1.165, 1.54) is 12.8 Å². The molecule has 1 aromatic carbocycles. The summed E-state index contributed by atoms with van der Waals surface area (Å²) in [6.45, 7) is 6.75. The third-order valence-corrected chi connectivity index (χ3v) is 5.95. The van der Waals surface area contributed by atoms with Crippen molar-refractivity contribution in [3.05, 3.63) is 47.7 Å². The fourth-order valence-corrected chi connectivity index (χ4v) is 4.36. The molecule has 2 aliphatic rings. The Kier molecular flexibility index (Phi) is 5.32. The van der Waals surface area contributed by atoms with Gasteiger partial charge in [0.15, 0.2) is 0 Å². The minimum atomic E-state index is 0.0551. The zero-order chi connectivity index (χ0) is 18.8. The summed E-state index contributed by atoms with van der Waals surface area (Å²) >= 11 is 0. The Morgan fingerprint density at radius 1 is 1.07 bits per heavy atom. The number of carbonyl (C=O) groups is 1. The van der Waals surface area contributed by atoms with Crippen molar-refractivity contribution in [2.75, 3.05) is 39.3 Å². The minimum Gasteiger partial charge on any atom is -0.461 e. The van der Waals surface area contributed by atoms with Gasteiger partial charge in [0.25, 0.3) is 5.91 Å². The highest BCUT2D eigenvalue weighted by atomic mass is 16.3. The van der Waals surface area contributed by atoms with E-state index in [1.54, 1.807) is 0 Å². The molecule has 2 aliphatic heterocycles. The third-order valence-electron chi connectivity index (χ3n) is 5.95. The van der Waals surface area contributed by atoms with Gasteiger partial charge in [-0.1, -0.05) is 12.1 Å². The van der Waals surface area contributed by atoms with Crippen LogP contribution in [0.2, 0.25) is 0 Å². The molecule has 2 fully saturated rings. The fourth-order valence-electron chi connectivity index (χ4n) is 4.36. The smallest absolute Gasteiger partial charge is 0.253 e. The summed E-state index contributed by atoms with van der Waals surface area (Å²) in [6.07, 6.45) is 2.53. The molecule has 0 radical (unpaired) electrons. The van der Waals surface area contributed by atoms with Crippen molar-refractivity contribution in [1.82, 2.24) is 9.80 Å². The van der Waals surface area contributed by atoms with Gasteiger partial charge in [0.1, 0.15) is 11.5 Å². The number of nitrogens with zero attached hydrogens (tertiary/aromatic N) is 2. The molecule has 5 heteroatoms. The second kappa shape index (κ2) is 7.87. The number of rotatable bonds is 5. The normalized spacial score (nSPS) is 23.3. The van der Waals surface area contributed by atoms with Crippen LogP contribution in [0.4, 0.5) is 0 Å². The Labute approximate surface area is 160 Å². The minimum absolute atomic E-state index is 0.0551. The average Bonchev–Trinajstić information content (AvgIpc) is 3.43. The van der Waals surface area contributed by atoms with E-state index in [0.29, 0.717) is 18.0 Å². The number of likely N-dealkylation sites (tertiary alicyclic amines) is 2. The van der Waals surface area contributed by atoms with Gasteiger partial charge in [-0.2, -0.15) is 0 Å². The highest BCUT2D eigenvalue weighted by Crippen LogP contribution is 2.28. The van der Waals surface area contributed by atoms with Crippen LogP contribution >= 0.6 is 0 Å². The monoisotopic (exact) mass is 368 g/mol. The average molecular weight is 368 g/mol. The predicted octanol–water partition coefficient (Wildman–Crippen LogP) is 3.03. The van der Waals surface area contributed by atoms with E-state index in [4.69, 9.17) is 4.42 Å². The Morgan fingerprint density at radius 2 is 1.78 bits per heavy atom. The zero-order valence-electron chi connectivity index (χ0n) is 15.9. The number of hydrogen-bond donors (Lipinski definition) is 1. The van der Waals surface area contributed by atoms with Crippen LogP contribution in [0.1, 0.15) is 29.0 Å². The summed E-state index contributed by atoms with van der Waals surface area (Å²) in [6, 6.07) is 11.5. The van der Waals surface area contributed by atoms with Crippen LogP contribution in [-0.2, 0) is 0 Å². The molecule has 0 saturated carbocycles. The molecule has 27 heavy (non-hydrogen) atoms. The van der Waals surface area contributed by atoms with Gasteiger partial charge >= 0.3 is 0 Å². The Balaban J connectivity index is 1.42. The maximum Gasteiger partial charge on any atom is 0.253 e. The fraction of sp³-hybridized carbons (Fsp3) is 0.500. The van der Waals surface area contributed by atoms with Crippen molar-refractivity contribution in [3.63, 3.8) is 0 Å². The van der Waals surface area contributed by atoms with Gasteiger partial charge < -0.3 is 19.3 Å². The second-order valence-corrected chi connectivity index (χ2v) is 7.91. The number of benzene rings is 1. The largest absolute Gasteiger partial charge is 0.461 e. The number of aryl methyl sites for hydroxylation is 1. The zero-order valence-corrected chi connectivity index (χ0v) is 15.9. The molecule has 0 unspecified atom stereocenters. The van der Waals surface area contributed by atoms with Gasteiger partial charge in [0.05, 0.1) is 0 Å². The molecule has 5 nitrogen and oxygen atoms in total. The van der Waals surface area contributed by atoms with Crippen molar-refractivity contribution in [2.24, 2.45) is 11.8 Å². The lowest BCUT2D eigenvalue weighted by atomic mass is 9.96. The highest BCUT2D eigenvalue weighted by molar-refractivity contribution is 5.94. The standard InChI is InChI=1S/C22H28N2O3/c1-16-4-9-21(27-16)17-5-7-18(8-6-17)22(26)24-13-19(20(14-24)15-25)12-23-10-2-3-11-23/h4-9,19-20,25H,2-3,10-15H2,1H3/t19-,20-/m1/s1. The summed E-state index contributed by atoms with van der Waals surface area (Å²) in [5, 5.41) is 9.78. The topological polar surface area (TPSA) is 56.9 Å². The second-order valence-electron chi connectivity index (χ2n) is 7.91. The summed E-state index contributed by atoms with van der Waals surface area (Å²) < 4.78 is 5.65. The number of aliphatic hydroxyl groups excluding tert-OH is 1. The first-order valence-electron chi connectivity index (χ1n) is 9.93. The molecule has 144 valence electrons. The van der Waals surface area contributed by atoms with Crippen molar-refractivity contribution < 1.29 is 14.3 Å². The van der Waals surface area contributed by atoms with Crippen molar-refractivity contribution >= 4 is 5.91 Å². The quantitative estimate of drug-likeness (QED) is 0.881. The predicted molar refractivity (Wildman–Crippen MR) is 105 cm³/mol. The van der Waals surface area contributed by atoms with E-state index in [1.807, 2.05) is 48.2 Å². The summed E-state index contributed by atoms with van der Waals surface area (Å²) in [4.78, 5) is 17.3. The number of aliphatic hydroxyl groups is 1. The maximum absolute atomic E-state index is 13.0. The molecule has 2 saturated heterocycles. The van der Waals surface area contributed by atoms with Crippen LogP contribution < -0.4 is 0 Å². The van der Waals surface area contributed by atoms with E-state index in [0.717, 1.165) is 43.3 Å². The molecule has 1 N–H and O–H groups in total. The number of furan rings is 1. The van der Waals surface area contributed by atoms with Gasteiger partial charge in [0, 0.05) is 43.3 Å². The van der Waals surface area contributed by atoms with E-state index < -0.39 is 0 Å². The van der Waals surface area contributed by atoms with Crippen molar-refractivity contribution in [2.45, 2.75) is 19.8 Å². The van der Waals surface area contributed by atoms with Crippen LogP contribution in [-0.4, -0.2) is 60.1 Å². The highest BCUT2D eigenvalue weighted by Gasteiger charge is 2.36. The van der Waals surface area contributed by atoms with Crippen LogP contribution in [0.5, 0.6) is 0 Å². The van der Waals surface area contributed by atoms with E-state index in [-0.39, 0.29) is 18.4 Å². The van der Waals surface area contributed by atoms with Gasteiger partial charge in [-0.15, -0.1) is 0 Å². The number of hydrogen-bond acceptors (Lipinski definition) is 4. The lowest BCUT2D eigenvalue weighted by Gasteiger charge is -2.22. The van der Waals surface area contributed by atoms with Crippen LogP contribution in [0.3, 0.4) is 0 Å². The lowest BCUT2D eigenvalue weighted by Crippen LogP contribution is -2.32. The molecule has 3 heterocycles. The lowest BCUT2D eigenvalue weighted by molar-refractivity contribution is 0.0779. The molecule has 0 bridgehead atoms. The van der Waals surface area contributed by atoms with Crippen molar-refractivity contribution in [3.8, 4) is 11.3 Å². The first-order valence-corrected chi connectivity index (χ1v) is 9.93. The van der Waals surface area contributed by atoms with Crippen LogP contribution in [0.15, 0.2) is 40.8 Å².